The molecule has 4 nitrogen and oxygen atoms in total. The smallest absolute Gasteiger partial charge is 0.191 e. The number of guanidine groups is 1. The molecule has 0 aliphatic heterocycles. The van der Waals surface area contributed by atoms with E-state index in [-0.39, 0.29) is 0 Å². The fraction of sp³-hybridized carbons (Fsp3) is 0.412. The lowest BCUT2D eigenvalue weighted by atomic mass is 10.4. The van der Waals surface area contributed by atoms with Crippen molar-refractivity contribution in [1.82, 2.24) is 15.6 Å². The van der Waals surface area contributed by atoms with Gasteiger partial charge in [0.1, 0.15) is 0 Å². The molecule has 1 heterocycles. The van der Waals surface area contributed by atoms with Crippen LogP contribution in [0.3, 0.4) is 0 Å². The van der Waals surface area contributed by atoms with E-state index in [4.69, 9.17) is 0 Å². The molecule has 23 heavy (non-hydrogen) atoms. The Hall–Kier alpha value is -1.53. The molecular weight excluding hydrogens is 324 g/mol. The fourth-order valence-electron chi connectivity index (χ4n) is 2.01. The number of thioether (sulfide) groups is 1. The summed E-state index contributed by atoms with van der Waals surface area (Å²) < 4.78 is 0. The number of thiazole rings is 1. The molecule has 0 radical (unpaired) electrons. The van der Waals surface area contributed by atoms with E-state index in [0.717, 1.165) is 36.9 Å². The zero-order valence-corrected chi connectivity index (χ0v) is 15.6. The standard InChI is InChI=1S/C17H24N4S2/c1-13-14(2)23-16(21-13)9-10-19-17(18-3)20-11-12-22-15-7-5-4-6-8-15/h4-8H,9-12H2,1-3H3,(H2,18,19,20). The van der Waals surface area contributed by atoms with Gasteiger partial charge < -0.3 is 10.6 Å². The summed E-state index contributed by atoms with van der Waals surface area (Å²) in [7, 11) is 1.80. The van der Waals surface area contributed by atoms with Crippen LogP contribution < -0.4 is 10.6 Å². The zero-order chi connectivity index (χ0) is 16.5. The number of hydrogen-bond acceptors (Lipinski definition) is 4. The second kappa shape index (κ2) is 9.57. The van der Waals surface area contributed by atoms with Gasteiger partial charge in [-0.15, -0.1) is 23.1 Å². The first-order chi connectivity index (χ1) is 11.2. The topological polar surface area (TPSA) is 49.3 Å². The molecule has 2 rings (SSSR count). The first-order valence-corrected chi connectivity index (χ1v) is 9.54. The van der Waals surface area contributed by atoms with Gasteiger partial charge in [-0.25, -0.2) is 4.98 Å². The van der Waals surface area contributed by atoms with Crippen LogP contribution in [0.2, 0.25) is 0 Å². The lowest BCUT2D eigenvalue weighted by molar-refractivity contribution is 0.807. The van der Waals surface area contributed by atoms with E-state index in [9.17, 15) is 0 Å². The van der Waals surface area contributed by atoms with Crippen molar-refractivity contribution in [2.24, 2.45) is 4.99 Å². The number of rotatable bonds is 7. The van der Waals surface area contributed by atoms with Crippen molar-refractivity contribution in [3.63, 3.8) is 0 Å². The predicted octanol–water partition coefficient (Wildman–Crippen LogP) is 3.26. The molecule has 0 fully saturated rings. The molecule has 0 spiro atoms. The Morgan fingerprint density at radius 3 is 2.57 bits per heavy atom. The molecular formula is C17H24N4S2. The normalized spacial score (nSPS) is 11.5. The number of hydrogen-bond donors (Lipinski definition) is 2. The van der Waals surface area contributed by atoms with Gasteiger partial charge in [-0.3, -0.25) is 4.99 Å². The van der Waals surface area contributed by atoms with E-state index < -0.39 is 0 Å². The molecule has 2 N–H and O–H groups in total. The SMILES string of the molecule is CN=C(NCCSc1ccccc1)NCCc1nc(C)c(C)s1. The summed E-state index contributed by atoms with van der Waals surface area (Å²) in [5.74, 6) is 1.86. The molecule has 0 bridgehead atoms. The van der Waals surface area contributed by atoms with E-state index in [1.165, 1.54) is 14.8 Å². The predicted molar refractivity (Wildman–Crippen MR) is 102 cm³/mol. The average molecular weight is 349 g/mol. The van der Waals surface area contributed by atoms with Gasteiger partial charge in [0.15, 0.2) is 5.96 Å². The van der Waals surface area contributed by atoms with Crippen molar-refractivity contribution in [2.75, 3.05) is 25.9 Å². The summed E-state index contributed by atoms with van der Waals surface area (Å²) in [5, 5.41) is 7.87. The monoisotopic (exact) mass is 348 g/mol. The van der Waals surface area contributed by atoms with Gasteiger partial charge in [0.2, 0.25) is 0 Å². The quantitative estimate of drug-likeness (QED) is 0.349. The molecule has 1 aromatic carbocycles. The number of aryl methyl sites for hydroxylation is 2. The van der Waals surface area contributed by atoms with Gasteiger partial charge in [0.25, 0.3) is 0 Å². The van der Waals surface area contributed by atoms with Crippen LogP contribution in [0.1, 0.15) is 15.6 Å². The van der Waals surface area contributed by atoms with Crippen molar-refractivity contribution in [1.29, 1.82) is 0 Å². The minimum absolute atomic E-state index is 0.845. The van der Waals surface area contributed by atoms with Gasteiger partial charge >= 0.3 is 0 Å². The van der Waals surface area contributed by atoms with Gasteiger partial charge in [-0.2, -0.15) is 0 Å². The minimum atomic E-state index is 0.845. The van der Waals surface area contributed by atoms with Crippen molar-refractivity contribution >= 4 is 29.1 Å². The Morgan fingerprint density at radius 2 is 1.91 bits per heavy atom. The summed E-state index contributed by atoms with van der Waals surface area (Å²) >= 11 is 3.62. The molecule has 1 aromatic heterocycles. The lowest BCUT2D eigenvalue weighted by Gasteiger charge is -2.11. The first kappa shape index (κ1) is 17.8. The number of benzene rings is 1. The highest BCUT2D eigenvalue weighted by atomic mass is 32.2. The van der Waals surface area contributed by atoms with Crippen LogP contribution in [0.15, 0.2) is 40.2 Å². The van der Waals surface area contributed by atoms with Crippen LogP contribution >= 0.6 is 23.1 Å². The summed E-state index contributed by atoms with van der Waals surface area (Å²) in [6.07, 6.45) is 0.929. The maximum Gasteiger partial charge on any atom is 0.191 e. The molecule has 2 aromatic rings. The van der Waals surface area contributed by atoms with Gasteiger partial charge in [0.05, 0.1) is 10.7 Å². The average Bonchev–Trinajstić information content (AvgIpc) is 2.89. The maximum atomic E-state index is 4.56. The van der Waals surface area contributed by atoms with Crippen LogP contribution in [-0.2, 0) is 6.42 Å². The number of aromatic nitrogens is 1. The Balaban J connectivity index is 1.63. The van der Waals surface area contributed by atoms with Crippen LogP contribution in [0.25, 0.3) is 0 Å². The molecule has 124 valence electrons. The summed E-state index contributed by atoms with van der Waals surface area (Å²) in [4.78, 5) is 11.4. The first-order valence-electron chi connectivity index (χ1n) is 7.74. The third-order valence-electron chi connectivity index (χ3n) is 3.33. The molecule has 0 saturated heterocycles. The van der Waals surface area contributed by atoms with Crippen molar-refractivity contribution in [2.45, 2.75) is 25.2 Å². The third-order valence-corrected chi connectivity index (χ3v) is 5.48. The molecule has 6 heteroatoms. The van der Waals surface area contributed by atoms with E-state index in [1.807, 2.05) is 17.8 Å². The number of nitrogens with zero attached hydrogens (tertiary/aromatic N) is 2. The highest BCUT2D eigenvalue weighted by molar-refractivity contribution is 7.99. The molecule has 0 amide bonds. The van der Waals surface area contributed by atoms with Gasteiger partial charge in [-0.1, -0.05) is 18.2 Å². The minimum Gasteiger partial charge on any atom is -0.356 e. The second-order valence-electron chi connectivity index (χ2n) is 5.09. The Kier molecular flexibility index (Phi) is 7.42. The Bertz CT molecular complexity index is 603. The molecule has 0 aliphatic rings. The Labute approximate surface area is 146 Å². The molecule has 0 atom stereocenters. The molecule has 0 unspecified atom stereocenters. The van der Waals surface area contributed by atoms with E-state index in [1.54, 1.807) is 18.4 Å². The highest BCUT2D eigenvalue weighted by Gasteiger charge is 2.04. The van der Waals surface area contributed by atoms with Crippen LogP contribution in [0.5, 0.6) is 0 Å². The van der Waals surface area contributed by atoms with Gasteiger partial charge in [0, 0.05) is 42.1 Å². The fourth-order valence-corrected chi connectivity index (χ4v) is 3.73. The largest absolute Gasteiger partial charge is 0.356 e. The summed E-state index contributed by atoms with van der Waals surface area (Å²) in [6.45, 7) is 5.91. The molecule has 0 aliphatic carbocycles. The second-order valence-corrected chi connectivity index (χ2v) is 7.54. The van der Waals surface area contributed by atoms with Crippen molar-refractivity contribution < 1.29 is 0 Å². The Morgan fingerprint density at radius 1 is 1.17 bits per heavy atom. The lowest BCUT2D eigenvalue weighted by Crippen LogP contribution is -2.39. The molecule has 0 saturated carbocycles. The van der Waals surface area contributed by atoms with Crippen LogP contribution in [-0.4, -0.2) is 36.8 Å². The van der Waals surface area contributed by atoms with Crippen molar-refractivity contribution in [3.05, 3.63) is 45.9 Å². The van der Waals surface area contributed by atoms with E-state index >= 15 is 0 Å². The number of aliphatic imine (C=N–C) groups is 1. The summed E-state index contributed by atoms with van der Waals surface area (Å²) in [6, 6.07) is 10.4. The van der Waals surface area contributed by atoms with Crippen LogP contribution in [0, 0.1) is 13.8 Å². The van der Waals surface area contributed by atoms with Gasteiger partial charge in [-0.05, 0) is 26.0 Å². The van der Waals surface area contributed by atoms with E-state index in [0.29, 0.717) is 0 Å². The van der Waals surface area contributed by atoms with Crippen LogP contribution in [0.4, 0.5) is 0 Å². The van der Waals surface area contributed by atoms with Crippen molar-refractivity contribution in [3.8, 4) is 0 Å². The summed E-state index contributed by atoms with van der Waals surface area (Å²) in [5.41, 5.74) is 1.14. The number of nitrogens with one attached hydrogen (secondary N) is 2. The third kappa shape index (κ3) is 6.23. The van der Waals surface area contributed by atoms with E-state index in [2.05, 4.69) is 58.7 Å². The zero-order valence-electron chi connectivity index (χ0n) is 13.9. The maximum absolute atomic E-state index is 4.56. The highest BCUT2D eigenvalue weighted by Crippen LogP contribution is 2.16.